The molecule has 0 aliphatic heterocycles. The van der Waals surface area contributed by atoms with Gasteiger partial charge in [0.2, 0.25) is 5.91 Å². The number of rotatable bonds is 9. The van der Waals surface area contributed by atoms with Gasteiger partial charge in [0.15, 0.2) is 0 Å². The Morgan fingerprint density at radius 1 is 1.05 bits per heavy atom. The average molecular weight is 309 g/mol. The van der Waals surface area contributed by atoms with Gasteiger partial charge in [0, 0.05) is 33.7 Å². The first-order valence-electron chi connectivity index (χ1n) is 6.33. The summed E-state index contributed by atoms with van der Waals surface area (Å²) in [6, 6.07) is 0. The van der Waals surface area contributed by atoms with E-state index in [0.717, 1.165) is 8.61 Å². The molecule has 0 aromatic carbocycles. The summed E-state index contributed by atoms with van der Waals surface area (Å²) in [6.07, 6.45) is -0.284. The van der Waals surface area contributed by atoms with Crippen LogP contribution in [0.25, 0.3) is 0 Å². The summed E-state index contributed by atoms with van der Waals surface area (Å²) in [7, 11) is -1.24. The largest absolute Gasteiger partial charge is 0.481 e. The second kappa shape index (κ2) is 8.18. The van der Waals surface area contributed by atoms with Crippen LogP contribution in [0.15, 0.2) is 0 Å². The Morgan fingerprint density at radius 3 is 1.95 bits per heavy atom. The van der Waals surface area contributed by atoms with Gasteiger partial charge in [-0.2, -0.15) is 17.0 Å². The summed E-state index contributed by atoms with van der Waals surface area (Å²) in [5, 5.41) is 8.55. The Balaban J connectivity index is 4.69. The molecule has 0 aliphatic carbocycles. The third-order valence-electron chi connectivity index (χ3n) is 2.90. The fourth-order valence-corrected chi connectivity index (χ4v) is 2.63. The van der Waals surface area contributed by atoms with Gasteiger partial charge < -0.3 is 10.0 Å². The number of nitrogens with zero attached hydrogens (tertiary/aromatic N) is 3. The molecule has 0 aromatic rings. The quantitative estimate of drug-likeness (QED) is 0.615. The lowest BCUT2D eigenvalue weighted by atomic mass is 10.4. The van der Waals surface area contributed by atoms with Crippen LogP contribution in [0.2, 0.25) is 0 Å². The van der Waals surface area contributed by atoms with Crippen LogP contribution >= 0.6 is 0 Å². The van der Waals surface area contributed by atoms with Gasteiger partial charge in [-0.3, -0.25) is 9.59 Å². The molecule has 0 unspecified atom stereocenters. The Labute approximate surface area is 120 Å². The highest BCUT2D eigenvalue weighted by Crippen LogP contribution is 2.05. The summed E-state index contributed by atoms with van der Waals surface area (Å²) in [5.41, 5.74) is 0. The molecule has 118 valence electrons. The molecule has 0 aromatic heterocycles. The second-order valence-electron chi connectivity index (χ2n) is 4.30. The fraction of sp³-hybridized carbons (Fsp3) is 0.818. The third-order valence-corrected chi connectivity index (χ3v) is 4.79. The van der Waals surface area contributed by atoms with E-state index in [9.17, 15) is 18.0 Å². The summed E-state index contributed by atoms with van der Waals surface area (Å²) < 4.78 is 26.0. The van der Waals surface area contributed by atoms with Crippen molar-refractivity contribution in [2.75, 3.05) is 40.3 Å². The van der Waals surface area contributed by atoms with Gasteiger partial charge in [-0.05, 0) is 13.8 Å². The van der Waals surface area contributed by atoms with Crippen LogP contribution in [-0.2, 0) is 19.8 Å². The number of likely N-dealkylation sites (N-methyl/N-ethyl adjacent to an activating group) is 2. The molecule has 0 heterocycles. The molecule has 0 spiro atoms. The maximum Gasteiger partial charge on any atom is 0.304 e. The van der Waals surface area contributed by atoms with Crippen LogP contribution in [0.5, 0.6) is 0 Å². The van der Waals surface area contributed by atoms with E-state index in [2.05, 4.69) is 0 Å². The number of amides is 1. The van der Waals surface area contributed by atoms with E-state index >= 15 is 0 Å². The number of aliphatic carboxylic acids is 1. The van der Waals surface area contributed by atoms with Crippen LogP contribution in [0, 0.1) is 0 Å². The molecule has 8 nitrogen and oxygen atoms in total. The molecule has 0 saturated heterocycles. The van der Waals surface area contributed by atoms with Gasteiger partial charge >= 0.3 is 5.97 Å². The SMILES string of the molecule is CCN(CC)C(=O)CN(C)S(=O)(=O)N(C)CCC(=O)O. The first kappa shape index (κ1) is 18.8. The van der Waals surface area contributed by atoms with Crippen molar-refractivity contribution in [1.82, 2.24) is 13.5 Å². The standard InChI is InChI=1S/C11H23N3O5S/c1-5-14(6-2)10(15)9-13(4)20(18,19)12(3)8-7-11(16)17/h5-9H2,1-4H3,(H,16,17). The normalized spacial score (nSPS) is 11.9. The predicted molar refractivity (Wildman–Crippen MR) is 74.4 cm³/mol. The Kier molecular flexibility index (Phi) is 7.69. The molecule has 0 fully saturated rings. The maximum absolute atomic E-state index is 12.1. The lowest BCUT2D eigenvalue weighted by Gasteiger charge is -2.26. The Hall–Kier alpha value is -1.19. The van der Waals surface area contributed by atoms with Crippen molar-refractivity contribution in [2.24, 2.45) is 0 Å². The molecule has 20 heavy (non-hydrogen) atoms. The minimum Gasteiger partial charge on any atom is -0.481 e. The molecule has 0 atom stereocenters. The fourth-order valence-electron chi connectivity index (χ4n) is 1.55. The van der Waals surface area contributed by atoms with E-state index in [0.29, 0.717) is 13.1 Å². The van der Waals surface area contributed by atoms with Crippen LogP contribution in [0.4, 0.5) is 0 Å². The van der Waals surface area contributed by atoms with Crippen LogP contribution in [0.1, 0.15) is 20.3 Å². The topological polar surface area (TPSA) is 98.2 Å². The smallest absolute Gasteiger partial charge is 0.304 e. The monoisotopic (exact) mass is 309 g/mol. The van der Waals surface area contributed by atoms with Crippen LogP contribution < -0.4 is 0 Å². The predicted octanol–water partition coefficient (Wildman–Crippen LogP) is -0.562. The molecule has 0 aliphatic rings. The molecule has 0 rings (SSSR count). The molecule has 1 N–H and O–H groups in total. The molecule has 0 bridgehead atoms. The third kappa shape index (κ3) is 5.43. The first-order valence-corrected chi connectivity index (χ1v) is 7.73. The van der Waals surface area contributed by atoms with Gasteiger partial charge in [0.1, 0.15) is 0 Å². The number of carbonyl (C=O) groups is 2. The highest BCUT2D eigenvalue weighted by molar-refractivity contribution is 7.86. The minimum absolute atomic E-state index is 0.137. The van der Waals surface area contributed by atoms with Crippen LogP contribution in [0.3, 0.4) is 0 Å². The van der Waals surface area contributed by atoms with Gasteiger partial charge in [0.05, 0.1) is 13.0 Å². The lowest BCUT2D eigenvalue weighted by molar-refractivity contribution is -0.137. The van der Waals surface area contributed by atoms with Crippen LogP contribution in [-0.4, -0.2) is 79.2 Å². The lowest BCUT2D eigenvalue weighted by Crippen LogP contribution is -2.46. The zero-order chi connectivity index (χ0) is 15.9. The number of carbonyl (C=O) groups excluding carboxylic acids is 1. The molecule has 0 radical (unpaired) electrons. The van der Waals surface area contributed by atoms with Crippen molar-refractivity contribution in [3.63, 3.8) is 0 Å². The van der Waals surface area contributed by atoms with Crippen molar-refractivity contribution in [3.05, 3.63) is 0 Å². The molecule has 1 amide bonds. The van der Waals surface area contributed by atoms with Crippen molar-refractivity contribution >= 4 is 22.1 Å². The highest BCUT2D eigenvalue weighted by atomic mass is 32.2. The molecule has 0 saturated carbocycles. The van der Waals surface area contributed by atoms with E-state index in [1.807, 2.05) is 13.8 Å². The number of carboxylic acids is 1. The van der Waals surface area contributed by atoms with Crippen molar-refractivity contribution in [3.8, 4) is 0 Å². The van der Waals surface area contributed by atoms with Gasteiger partial charge in [-0.1, -0.05) is 0 Å². The zero-order valence-electron chi connectivity index (χ0n) is 12.4. The molecular formula is C11H23N3O5S. The van der Waals surface area contributed by atoms with E-state index in [4.69, 9.17) is 5.11 Å². The maximum atomic E-state index is 12.1. The molecular weight excluding hydrogens is 286 g/mol. The van der Waals surface area contributed by atoms with Crippen molar-refractivity contribution in [1.29, 1.82) is 0 Å². The summed E-state index contributed by atoms with van der Waals surface area (Å²) >= 11 is 0. The minimum atomic E-state index is -3.82. The van der Waals surface area contributed by atoms with E-state index in [1.165, 1.54) is 19.0 Å². The summed E-state index contributed by atoms with van der Waals surface area (Å²) in [4.78, 5) is 23.8. The second-order valence-corrected chi connectivity index (χ2v) is 6.44. The van der Waals surface area contributed by atoms with E-state index in [-0.39, 0.29) is 25.4 Å². The number of hydrogen-bond acceptors (Lipinski definition) is 4. The van der Waals surface area contributed by atoms with Gasteiger partial charge in [0.25, 0.3) is 10.2 Å². The van der Waals surface area contributed by atoms with Crippen molar-refractivity contribution < 1.29 is 23.1 Å². The Bertz CT molecular complexity index is 433. The summed E-state index contributed by atoms with van der Waals surface area (Å²) in [6.45, 7) is 4.25. The number of hydrogen-bond donors (Lipinski definition) is 1. The van der Waals surface area contributed by atoms with E-state index in [1.54, 1.807) is 0 Å². The Morgan fingerprint density at radius 2 is 1.55 bits per heavy atom. The first-order chi connectivity index (χ1) is 9.16. The van der Waals surface area contributed by atoms with E-state index < -0.39 is 16.2 Å². The van der Waals surface area contributed by atoms with Crippen molar-refractivity contribution in [2.45, 2.75) is 20.3 Å². The average Bonchev–Trinajstić information content (AvgIpc) is 2.36. The molecule has 9 heteroatoms. The van der Waals surface area contributed by atoms with Gasteiger partial charge in [-0.15, -0.1) is 0 Å². The summed E-state index contributed by atoms with van der Waals surface area (Å²) in [5.74, 6) is -1.36. The zero-order valence-corrected chi connectivity index (χ0v) is 13.2. The number of carboxylic acid groups (broad SMARTS) is 1. The van der Waals surface area contributed by atoms with Gasteiger partial charge in [-0.25, -0.2) is 0 Å². The highest BCUT2D eigenvalue weighted by Gasteiger charge is 2.26.